The number of nitrogens with zero attached hydrogens (tertiary/aromatic N) is 3. The predicted molar refractivity (Wildman–Crippen MR) is 74.0 cm³/mol. The van der Waals surface area contributed by atoms with Crippen molar-refractivity contribution in [1.29, 1.82) is 0 Å². The Hall–Kier alpha value is -2.15. The maximum atomic E-state index is 12.3. The van der Waals surface area contributed by atoms with Crippen LogP contribution in [0.25, 0.3) is 0 Å². The van der Waals surface area contributed by atoms with Gasteiger partial charge in [-0.3, -0.25) is 9.59 Å². The van der Waals surface area contributed by atoms with Crippen LogP contribution in [-0.2, 0) is 9.53 Å². The van der Waals surface area contributed by atoms with E-state index in [1.807, 2.05) is 14.1 Å². The Bertz CT molecular complexity index is 476. The molecule has 1 N–H and O–H groups in total. The lowest BCUT2D eigenvalue weighted by Crippen LogP contribution is -2.38. The van der Waals surface area contributed by atoms with Crippen molar-refractivity contribution in [3.05, 3.63) is 23.9 Å². The number of aliphatic carboxylic acids is 1. The van der Waals surface area contributed by atoms with Crippen LogP contribution in [-0.4, -0.2) is 67.8 Å². The number of aromatic nitrogens is 1. The monoisotopic (exact) mass is 281 g/mol. The Labute approximate surface area is 117 Å². The number of rotatable bonds is 7. The summed E-state index contributed by atoms with van der Waals surface area (Å²) in [5.74, 6) is -0.774. The van der Waals surface area contributed by atoms with Crippen molar-refractivity contribution < 1.29 is 19.4 Å². The molecule has 7 heteroatoms. The summed E-state index contributed by atoms with van der Waals surface area (Å²) >= 11 is 0. The molecule has 0 saturated carbocycles. The molecule has 1 rings (SSSR count). The second-order valence-electron chi connectivity index (χ2n) is 4.41. The SMILES string of the molecule is COCCN(CC(=O)O)C(=O)c1ccnc(N(C)C)c1. The number of methoxy groups -OCH3 is 1. The maximum Gasteiger partial charge on any atom is 0.323 e. The van der Waals surface area contributed by atoms with Gasteiger partial charge in [0.25, 0.3) is 5.91 Å². The van der Waals surface area contributed by atoms with Crippen LogP contribution in [0.2, 0.25) is 0 Å². The second-order valence-corrected chi connectivity index (χ2v) is 4.41. The second kappa shape index (κ2) is 7.44. The first kappa shape index (κ1) is 15.9. The molecule has 1 amide bonds. The molecule has 0 aliphatic heterocycles. The van der Waals surface area contributed by atoms with E-state index in [1.54, 1.807) is 17.0 Å². The van der Waals surface area contributed by atoms with Crippen LogP contribution in [0.1, 0.15) is 10.4 Å². The van der Waals surface area contributed by atoms with Crippen molar-refractivity contribution in [2.75, 3.05) is 45.8 Å². The average Bonchev–Trinajstić information content (AvgIpc) is 2.42. The molecular formula is C13H19N3O4. The van der Waals surface area contributed by atoms with E-state index in [2.05, 4.69) is 4.98 Å². The zero-order chi connectivity index (χ0) is 15.1. The molecule has 0 saturated heterocycles. The van der Waals surface area contributed by atoms with E-state index in [0.717, 1.165) is 0 Å². The molecule has 7 nitrogen and oxygen atoms in total. The van der Waals surface area contributed by atoms with Crippen molar-refractivity contribution >= 4 is 17.7 Å². The molecule has 20 heavy (non-hydrogen) atoms. The van der Waals surface area contributed by atoms with Crippen LogP contribution in [0, 0.1) is 0 Å². The van der Waals surface area contributed by atoms with E-state index in [0.29, 0.717) is 11.4 Å². The van der Waals surface area contributed by atoms with E-state index in [1.165, 1.54) is 18.2 Å². The first-order valence-corrected chi connectivity index (χ1v) is 6.09. The van der Waals surface area contributed by atoms with Crippen LogP contribution in [0.3, 0.4) is 0 Å². The first-order valence-electron chi connectivity index (χ1n) is 6.09. The normalized spacial score (nSPS) is 10.2. The lowest BCUT2D eigenvalue weighted by atomic mass is 10.2. The summed E-state index contributed by atoms with van der Waals surface area (Å²) < 4.78 is 4.89. The number of pyridine rings is 1. The van der Waals surface area contributed by atoms with Crippen molar-refractivity contribution in [1.82, 2.24) is 9.88 Å². The van der Waals surface area contributed by atoms with E-state index in [-0.39, 0.29) is 25.6 Å². The highest BCUT2D eigenvalue weighted by molar-refractivity contribution is 5.96. The highest BCUT2D eigenvalue weighted by atomic mass is 16.5. The number of anilines is 1. The Morgan fingerprint density at radius 3 is 2.65 bits per heavy atom. The van der Waals surface area contributed by atoms with Crippen LogP contribution in [0.4, 0.5) is 5.82 Å². The first-order chi connectivity index (χ1) is 9.45. The molecule has 1 heterocycles. The molecule has 0 spiro atoms. The number of carboxylic acid groups (broad SMARTS) is 1. The zero-order valence-electron chi connectivity index (χ0n) is 11.9. The lowest BCUT2D eigenvalue weighted by molar-refractivity contribution is -0.137. The number of hydrogen-bond donors (Lipinski definition) is 1. The number of ether oxygens (including phenoxy) is 1. The van der Waals surface area contributed by atoms with Gasteiger partial charge in [-0.05, 0) is 12.1 Å². The zero-order valence-corrected chi connectivity index (χ0v) is 11.9. The van der Waals surface area contributed by atoms with Gasteiger partial charge in [0.05, 0.1) is 6.61 Å². The molecule has 0 radical (unpaired) electrons. The van der Waals surface area contributed by atoms with Crippen LogP contribution < -0.4 is 4.90 Å². The number of amides is 1. The minimum atomic E-state index is -1.06. The molecule has 0 unspecified atom stereocenters. The molecule has 1 aromatic rings. The summed E-state index contributed by atoms with van der Waals surface area (Å²) in [6.07, 6.45) is 1.53. The van der Waals surface area contributed by atoms with Crippen LogP contribution >= 0.6 is 0 Å². The van der Waals surface area contributed by atoms with Crippen molar-refractivity contribution in [2.24, 2.45) is 0 Å². The smallest absolute Gasteiger partial charge is 0.323 e. The summed E-state index contributed by atoms with van der Waals surface area (Å²) in [5, 5.41) is 8.87. The summed E-state index contributed by atoms with van der Waals surface area (Å²) in [6, 6.07) is 3.20. The van der Waals surface area contributed by atoms with Crippen LogP contribution in [0.15, 0.2) is 18.3 Å². The maximum absolute atomic E-state index is 12.3. The minimum Gasteiger partial charge on any atom is -0.480 e. The quantitative estimate of drug-likeness (QED) is 0.775. The van der Waals surface area contributed by atoms with Crippen molar-refractivity contribution in [3.63, 3.8) is 0 Å². The van der Waals surface area contributed by atoms with Crippen molar-refractivity contribution in [2.45, 2.75) is 0 Å². The fourth-order valence-electron chi connectivity index (χ4n) is 1.60. The molecule has 0 atom stereocenters. The van der Waals surface area contributed by atoms with Gasteiger partial charge in [0.15, 0.2) is 0 Å². The third-order valence-electron chi connectivity index (χ3n) is 2.63. The highest BCUT2D eigenvalue weighted by Gasteiger charge is 2.19. The summed E-state index contributed by atoms with van der Waals surface area (Å²) in [4.78, 5) is 30.3. The Morgan fingerprint density at radius 2 is 2.10 bits per heavy atom. The van der Waals surface area contributed by atoms with Gasteiger partial charge in [0, 0.05) is 39.5 Å². The van der Waals surface area contributed by atoms with Gasteiger partial charge in [-0.2, -0.15) is 0 Å². The number of hydrogen-bond acceptors (Lipinski definition) is 5. The third kappa shape index (κ3) is 4.51. The topological polar surface area (TPSA) is 83.0 Å². The van der Waals surface area contributed by atoms with E-state index < -0.39 is 5.97 Å². The fraction of sp³-hybridized carbons (Fsp3) is 0.462. The highest BCUT2D eigenvalue weighted by Crippen LogP contribution is 2.12. The summed E-state index contributed by atoms with van der Waals surface area (Å²) in [5.41, 5.74) is 0.404. The molecule has 0 bridgehead atoms. The Kier molecular flexibility index (Phi) is 5.92. The summed E-state index contributed by atoms with van der Waals surface area (Å²) in [7, 11) is 5.13. The van der Waals surface area contributed by atoms with Gasteiger partial charge >= 0.3 is 5.97 Å². The summed E-state index contributed by atoms with van der Waals surface area (Å²) in [6.45, 7) is 0.147. The predicted octanol–water partition coefficient (Wildman–Crippen LogP) is 0.321. The van der Waals surface area contributed by atoms with Gasteiger partial charge in [-0.15, -0.1) is 0 Å². The van der Waals surface area contributed by atoms with Gasteiger partial charge < -0.3 is 19.6 Å². The van der Waals surface area contributed by atoms with E-state index in [4.69, 9.17) is 9.84 Å². The fourth-order valence-corrected chi connectivity index (χ4v) is 1.60. The molecule has 1 aromatic heterocycles. The van der Waals surface area contributed by atoms with E-state index in [9.17, 15) is 9.59 Å². The van der Waals surface area contributed by atoms with Gasteiger partial charge in [-0.1, -0.05) is 0 Å². The number of carbonyl (C=O) groups is 2. The van der Waals surface area contributed by atoms with E-state index >= 15 is 0 Å². The average molecular weight is 281 g/mol. The molecule has 0 fully saturated rings. The third-order valence-corrected chi connectivity index (χ3v) is 2.63. The van der Waals surface area contributed by atoms with Crippen LogP contribution in [0.5, 0.6) is 0 Å². The Morgan fingerprint density at radius 1 is 1.40 bits per heavy atom. The molecule has 0 aliphatic rings. The molecule has 0 aromatic carbocycles. The minimum absolute atomic E-state index is 0.223. The number of carbonyl (C=O) groups excluding carboxylic acids is 1. The largest absolute Gasteiger partial charge is 0.480 e. The van der Waals surface area contributed by atoms with Crippen molar-refractivity contribution in [3.8, 4) is 0 Å². The number of carboxylic acids is 1. The van der Waals surface area contributed by atoms with Gasteiger partial charge in [0.2, 0.25) is 0 Å². The standard InChI is InChI=1S/C13H19N3O4/c1-15(2)11-8-10(4-5-14-11)13(19)16(6-7-20-3)9-12(17)18/h4-5,8H,6-7,9H2,1-3H3,(H,17,18). The Balaban J connectivity index is 2.92. The van der Waals surface area contributed by atoms with Gasteiger partial charge in [-0.25, -0.2) is 4.98 Å². The lowest BCUT2D eigenvalue weighted by Gasteiger charge is -2.21. The van der Waals surface area contributed by atoms with Gasteiger partial charge in [0.1, 0.15) is 12.4 Å². The molecule has 0 aliphatic carbocycles. The molecular weight excluding hydrogens is 262 g/mol. The molecule has 110 valence electrons.